The van der Waals surface area contributed by atoms with Crippen LogP contribution < -0.4 is 15.3 Å². The van der Waals surface area contributed by atoms with E-state index in [-0.39, 0.29) is 17.3 Å². The molecule has 1 aliphatic rings. The van der Waals surface area contributed by atoms with Gasteiger partial charge in [0.15, 0.2) is 5.82 Å². The molecule has 6 N–H and O–H groups in total. The van der Waals surface area contributed by atoms with Crippen LogP contribution in [-0.4, -0.2) is 66.3 Å². The molecule has 0 radical (unpaired) electrons. The number of carbonyl (C=O) groups is 1. The third-order valence-electron chi connectivity index (χ3n) is 5.58. The molecule has 1 aliphatic heterocycles. The molecule has 190 valence electrons. The molecule has 14 nitrogen and oxygen atoms in total. The standard InChI is InChI=1S/C21H23N6O8P/c1-12(20(30)31)26-36(32,35-13-5-3-2-4-6-13)33-10-21(9-22)18(29)16(28)17(34-21)14-7-8-15-19(23)24-11-25-27(14)15/h2-8,11-12,16-18,28-29H,10H2,1H3,(H,26,32)(H,30,31)(H2,23,24,25)/t12?,16-,17-,18-,21+,36-/m0/s1. The van der Waals surface area contributed by atoms with E-state index in [9.17, 15) is 29.9 Å². The molecule has 0 spiro atoms. The van der Waals surface area contributed by atoms with E-state index in [0.717, 1.165) is 0 Å². The minimum Gasteiger partial charge on any atom is -0.480 e. The van der Waals surface area contributed by atoms with Crippen molar-refractivity contribution < 1.29 is 38.5 Å². The van der Waals surface area contributed by atoms with Crippen LogP contribution in [0.25, 0.3) is 5.52 Å². The number of hydrogen-bond donors (Lipinski definition) is 5. The average molecular weight is 518 g/mol. The summed E-state index contributed by atoms with van der Waals surface area (Å²) < 4.78 is 31.4. The molecular weight excluding hydrogens is 495 g/mol. The third kappa shape index (κ3) is 4.76. The predicted octanol–water partition coefficient (Wildman–Crippen LogP) is 0.633. The molecule has 36 heavy (non-hydrogen) atoms. The van der Waals surface area contributed by atoms with E-state index in [0.29, 0.717) is 5.52 Å². The van der Waals surface area contributed by atoms with Gasteiger partial charge >= 0.3 is 13.7 Å². The van der Waals surface area contributed by atoms with Crippen molar-refractivity contribution >= 4 is 25.1 Å². The first-order chi connectivity index (χ1) is 17.1. The summed E-state index contributed by atoms with van der Waals surface area (Å²) >= 11 is 0. The summed E-state index contributed by atoms with van der Waals surface area (Å²) in [5.41, 5.74) is 4.32. The van der Waals surface area contributed by atoms with Gasteiger partial charge in [0.05, 0.1) is 5.69 Å². The zero-order valence-corrected chi connectivity index (χ0v) is 19.7. The zero-order valence-electron chi connectivity index (χ0n) is 18.8. The Morgan fingerprint density at radius 3 is 2.75 bits per heavy atom. The minimum atomic E-state index is -4.43. The number of aliphatic hydroxyl groups is 2. The number of rotatable bonds is 9. The maximum absolute atomic E-state index is 13.5. The van der Waals surface area contributed by atoms with Crippen molar-refractivity contribution in [2.24, 2.45) is 0 Å². The normalized spacial score (nSPS) is 26.2. The second-order valence-corrected chi connectivity index (χ2v) is 9.73. The van der Waals surface area contributed by atoms with Crippen molar-refractivity contribution in [3.8, 4) is 11.8 Å². The highest BCUT2D eigenvalue weighted by Crippen LogP contribution is 2.48. The van der Waals surface area contributed by atoms with E-state index in [1.165, 1.54) is 36.0 Å². The number of nitriles is 1. The number of carboxylic acid groups (broad SMARTS) is 1. The molecule has 0 saturated carbocycles. The molecule has 0 bridgehead atoms. The Morgan fingerprint density at radius 2 is 2.08 bits per heavy atom. The number of aromatic nitrogens is 3. The van der Waals surface area contributed by atoms with E-state index < -0.39 is 50.3 Å². The van der Waals surface area contributed by atoms with Crippen LogP contribution in [-0.2, 0) is 18.6 Å². The van der Waals surface area contributed by atoms with Gasteiger partial charge in [-0.25, -0.2) is 14.1 Å². The zero-order chi connectivity index (χ0) is 26.1. The molecule has 1 unspecified atom stereocenters. The maximum atomic E-state index is 13.5. The lowest BCUT2D eigenvalue weighted by Gasteiger charge is -2.28. The quantitative estimate of drug-likeness (QED) is 0.246. The van der Waals surface area contributed by atoms with Crippen LogP contribution in [0.15, 0.2) is 48.8 Å². The summed E-state index contributed by atoms with van der Waals surface area (Å²) in [7, 11) is -4.43. The molecule has 2 aromatic heterocycles. The van der Waals surface area contributed by atoms with Crippen LogP contribution in [0, 0.1) is 11.3 Å². The average Bonchev–Trinajstić information content (AvgIpc) is 3.39. The number of nitrogens with two attached hydrogens (primary N) is 1. The minimum absolute atomic E-state index is 0.0969. The van der Waals surface area contributed by atoms with Crippen molar-refractivity contribution in [2.45, 2.75) is 36.9 Å². The Labute approximate surface area is 204 Å². The van der Waals surface area contributed by atoms with Crippen LogP contribution in [0.3, 0.4) is 0 Å². The number of aliphatic carboxylic acids is 1. The molecule has 3 heterocycles. The molecule has 1 fully saturated rings. The van der Waals surface area contributed by atoms with E-state index >= 15 is 0 Å². The van der Waals surface area contributed by atoms with E-state index in [1.54, 1.807) is 30.3 Å². The van der Waals surface area contributed by atoms with Crippen molar-refractivity contribution in [2.75, 3.05) is 12.3 Å². The number of nitrogens with zero attached hydrogens (tertiary/aromatic N) is 4. The Morgan fingerprint density at radius 1 is 1.36 bits per heavy atom. The number of fused-ring (bicyclic) bond motifs is 1. The van der Waals surface area contributed by atoms with Gasteiger partial charge in [-0.1, -0.05) is 18.2 Å². The largest absolute Gasteiger partial charge is 0.480 e. The lowest BCUT2D eigenvalue weighted by Crippen LogP contribution is -2.46. The van der Waals surface area contributed by atoms with Gasteiger partial charge < -0.3 is 30.3 Å². The van der Waals surface area contributed by atoms with Gasteiger partial charge in [0.2, 0.25) is 5.60 Å². The van der Waals surface area contributed by atoms with Gasteiger partial charge in [-0.05, 0) is 31.2 Å². The van der Waals surface area contributed by atoms with Gasteiger partial charge in [-0.15, -0.1) is 0 Å². The number of aliphatic hydroxyl groups excluding tert-OH is 2. The first kappa shape index (κ1) is 25.5. The van der Waals surface area contributed by atoms with Gasteiger partial charge in [0, 0.05) is 0 Å². The highest BCUT2D eigenvalue weighted by atomic mass is 31.2. The summed E-state index contributed by atoms with van der Waals surface area (Å²) in [6.45, 7) is 0.376. The van der Waals surface area contributed by atoms with Gasteiger partial charge in [-0.2, -0.15) is 15.4 Å². The maximum Gasteiger partial charge on any atom is 0.459 e. The Hall–Kier alpha value is -3.57. The highest BCUT2D eigenvalue weighted by molar-refractivity contribution is 7.52. The van der Waals surface area contributed by atoms with Gasteiger partial charge in [-0.3, -0.25) is 9.32 Å². The fourth-order valence-corrected chi connectivity index (χ4v) is 5.18. The molecule has 4 rings (SSSR count). The number of nitrogen functional groups attached to an aromatic ring is 1. The van der Waals surface area contributed by atoms with Crippen LogP contribution in [0.4, 0.5) is 5.82 Å². The third-order valence-corrected chi connectivity index (χ3v) is 7.20. The van der Waals surface area contributed by atoms with Crippen molar-refractivity contribution in [3.05, 3.63) is 54.5 Å². The van der Waals surface area contributed by atoms with Crippen molar-refractivity contribution in [3.63, 3.8) is 0 Å². The van der Waals surface area contributed by atoms with E-state index in [2.05, 4.69) is 15.2 Å². The van der Waals surface area contributed by atoms with Crippen LogP contribution in [0.2, 0.25) is 0 Å². The van der Waals surface area contributed by atoms with Crippen molar-refractivity contribution in [1.82, 2.24) is 19.7 Å². The lowest BCUT2D eigenvalue weighted by atomic mass is 9.96. The molecular formula is C21H23N6O8P. The smallest absolute Gasteiger partial charge is 0.459 e. The number of benzene rings is 1. The fourth-order valence-electron chi connectivity index (χ4n) is 3.66. The summed E-state index contributed by atoms with van der Waals surface area (Å²) in [6, 6.07) is 11.3. The number of carboxylic acids is 1. The topological polar surface area (TPSA) is 215 Å². The molecule has 3 aromatic rings. The van der Waals surface area contributed by atoms with E-state index in [1.807, 2.05) is 0 Å². The molecule has 6 atom stereocenters. The molecule has 1 saturated heterocycles. The van der Waals surface area contributed by atoms with Crippen LogP contribution in [0.1, 0.15) is 18.7 Å². The first-order valence-electron chi connectivity index (χ1n) is 10.6. The summed E-state index contributed by atoms with van der Waals surface area (Å²) in [4.78, 5) is 15.2. The number of para-hydroxylation sites is 1. The first-order valence-corrected chi connectivity index (χ1v) is 12.2. The summed E-state index contributed by atoms with van der Waals surface area (Å²) in [5.74, 6) is -1.07. The van der Waals surface area contributed by atoms with E-state index in [4.69, 9.17) is 19.5 Å². The highest BCUT2D eigenvalue weighted by Gasteiger charge is 2.57. The SMILES string of the molecule is CC(N[P@](=O)(OC[C@@]1(C#N)O[C@@H](c2ccc3c(N)ncnn23)[C@H](O)[C@@H]1O)Oc1ccccc1)C(=O)O. The molecule has 0 aliphatic carbocycles. The second kappa shape index (κ2) is 9.82. The number of nitrogens with one attached hydrogen (secondary N) is 1. The lowest BCUT2D eigenvalue weighted by molar-refractivity contribution is -0.138. The van der Waals surface area contributed by atoms with Crippen molar-refractivity contribution in [1.29, 1.82) is 5.26 Å². The molecule has 15 heteroatoms. The Kier molecular flexibility index (Phi) is 6.96. The fraction of sp³-hybridized carbons (Fsp3) is 0.333. The Bertz CT molecular complexity index is 1350. The molecule has 0 amide bonds. The summed E-state index contributed by atoms with van der Waals surface area (Å²) in [6.07, 6.45) is -3.47. The number of ether oxygens (including phenoxy) is 1. The number of hydrogen-bond acceptors (Lipinski definition) is 11. The summed E-state index contributed by atoms with van der Waals surface area (Å²) in [5, 5.41) is 47.0. The van der Waals surface area contributed by atoms with Gasteiger partial charge in [0.1, 0.15) is 54.6 Å². The van der Waals surface area contributed by atoms with Crippen LogP contribution in [0.5, 0.6) is 5.75 Å². The number of anilines is 1. The monoisotopic (exact) mass is 518 g/mol. The molecule has 1 aromatic carbocycles. The Balaban J connectivity index is 1.61. The van der Waals surface area contributed by atoms with Crippen LogP contribution >= 0.6 is 7.75 Å². The van der Waals surface area contributed by atoms with Gasteiger partial charge in [0.25, 0.3) is 0 Å². The second-order valence-electron chi connectivity index (χ2n) is 8.04. The predicted molar refractivity (Wildman–Crippen MR) is 122 cm³/mol.